The van der Waals surface area contributed by atoms with E-state index in [1.807, 2.05) is 11.0 Å². The first-order valence-corrected chi connectivity index (χ1v) is 5.92. The molecule has 4 heteroatoms. The monoisotopic (exact) mass is 244 g/mol. The van der Waals surface area contributed by atoms with Gasteiger partial charge in [0.1, 0.15) is 0 Å². The van der Waals surface area contributed by atoms with Crippen LogP contribution in [0.5, 0.6) is 0 Å². The predicted octanol–water partition coefficient (Wildman–Crippen LogP) is 1.58. The molecule has 0 aromatic carbocycles. The van der Waals surface area contributed by atoms with Crippen LogP contribution in [0.3, 0.4) is 0 Å². The summed E-state index contributed by atoms with van der Waals surface area (Å²) in [5.41, 5.74) is 0. The van der Waals surface area contributed by atoms with Crippen LogP contribution in [0.2, 0.25) is 0 Å². The van der Waals surface area contributed by atoms with Crippen LogP contribution in [-0.2, 0) is 4.79 Å². The van der Waals surface area contributed by atoms with E-state index in [2.05, 4.69) is 11.9 Å². The van der Waals surface area contributed by atoms with Gasteiger partial charge in [0, 0.05) is 12.6 Å². The van der Waals surface area contributed by atoms with Crippen molar-refractivity contribution in [1.82, 2.24) is 10.2 Å². The van der Waals surface area contributed by atoms with Crippen LogP contribution in [0.15, 0.2) is 12.7 Å². The molecule has 16 heavy (non-hydrogen) atoms. The maximum atomic E-state index is 11.8. The topological polar surface area (TPSA) is 32.3 Å². The zero-order chi connectivity index (χ0) is 10.7. The summed E-state index contributed by atoms with van der Waals surface area (Å²) in [6.07, 6.45) is 6.82. The summed E-state index contributed by atoms with van der Waals surface area (Å²) in [6.45, 7) is 5.91. The third-order valence-electron chi connectivity index (χ3n) is 3.04. The zero-order valence-corrected chi connectivity index (χ0v) is 10.5. The Kier molecular flexibility index (Phi) is 5.29. The van der Waals surface area contributed by atoms with Crippen molar-refractivity contribution in [3.8, 4) is 0 Å². The van der Waals surface area contributed by atoms with Gasteiger partial charge in [-0.05, 0) is 38.1 Å². The molecule has 0 bridgehead atoms. The van der Waals surface area contributed by atoms with Gasteiger partial charge in [-0.1, -0.05) is 6.08 Å². The second kappa shape index (κ2) is 6.26. The Morgan fingerprint density at radius 3 is 2.56 bits per heavy atom. The highest BCUT2D eigenvalue weighted by Gasteiger charge is 2.31. The van der Waals surface area contributed by atoms with Crippen LogP contribution >= 0.6 is 12.4 Å². The van der Waals surface area contributed by atoms with E-state index in [1.165, 1.54) is 25.7 Å². The Hall–Kier alpha value is -0.540. The standard InChI is InChI=1S/C12H20N2O.ClH/c1-2-7-14(11-5-6-11)12(15)9-13-8-10-3-4-10;/h2,10-11,13H,1,3-9H2;1H. The van der Waals surface area contributed by atoms with Crippen LogP contribution in [-0.4, -0.2) is 36.5 Å². The van der Waals surface area contributed by atoms with Gasteiger partial charge in [0.2, 0.25) is 5.91 Å². The molecule has 1 amide bonds. The number of amides is 1. The number of nitrogens with zero attached hydrogens (tertiary/aromatic N) is 1. The van der Waals surface area contributed by atoms with E-state index in [0.717, 1.165) is 12.5 Å². The fraction of sp³-hybridized carbons (Fsp3) is 0.750. The van der Waals surface area contributed by atoms with E-state index in [0.29, 0.717) is 19.1 Å². The van der Waals surface area contributed by atoms with Crippen molar-refractivity contribution < 1.29 is 4.79 Å². The van der Waals surface area contributed by atoms with Gasteiger partial charge < -0.3 is 10.2 Å². The molecule has 2 fully saturated rings. The predicted molar refractivity (Wildman–Crippen MR) is 67.8 cm³/mol. The van der Waals surface area contributed by atoms with Gasteiger partial charge in [0.25, 0.3) is 0 Å². The molecule has 0 unspecified atom stereocenters. The van der Waals surface area contributed by atoms with E-state index in [9.17, 15) is 4.79 Å². The fourth-order valence-electron chi connectivity index (χ4n) is 1.79. The lowest BCUT2D eigenvalue weighted by Crippen LogP contribution is -2.40. The third-order valence-corrected chi connectivity index (χ3v) is 3.04. The lowest BCUT2D eigenvalue weighted by molar-refractivity contribution is -0.130. The highest BCUT2D eigenvalue weighted by Crippen LogP contribution is 2.28. The normalized spacial score (nSPS) is 18.8. The largest absolute Gasteiger partial charge is 0.335 e. The molecular weight excluding hydrogens is 224 g/mol. The molecule has 0 atom stereocenters. The molecular formula is C12H21ClN2O. The van der Waals surface area contributed by atoms with Crippen LogP contribution in [0.4, 0.5) is 0 Å². The minimum absolute atomic E-state index is 0. The second-order valence-electron chi connectivity index (χ2n) is 4.64. The smallest absolute Gasteiger partial charge is 0.237 e. The van der Waals surface area contributed by atoms with Crippen molar-refractivity contribution in [3.63, 3.8) is 0 Å². The Bertz CT molecular complexity index is 249. The van der Waals surface area contributed by atoms with E-state index in [4.69, 9.17) is 0 Å². The van der Waals surface area contributed by atoms with Gasteiger partial charge in [-0.2, -0.15) is 0 Å². The lowest BCUT2D eigenvalue weighted by Gasteiger charge is -2.20. The van der Waals surface area contributed by atoms with E-state index >= 15 is 0 Å². The number of rotatable bonds is 7. The number of hydrogen-bond acceptors (Lipinski definition) is 2. The summed E-state index contributed by atoms with van der Waals surface area (Å²) in [4.78, 5) is 13.8. The first-order chi connectivity index (χ1) is 7.31. The summed E-state index contributed by atoms with van der Waals surface area (Å²) < 4.78 is 0. The van der Waals surface area contributed by atoms with Crippen LogP contribution < -0.4 is 5.32 Å². The Morgan fingerprint density at radius 2 is 2.06 bits per heavy atom. The van der Waals surface area contributed by atoms with Crippen molar-refractivity contribution in [2.45, 2.75) is 31.7 Å². The minimum atomic E-state index is 0. The Labute approximate surface area is 104 Å². The molecule has 0 spiro atoms. The van der Waals surface area contributed by atoms with Crippen LogP contribution in [0.1, 0.15) is 25.7 Å². The molecule has 1 N–H and O–H groups in total. The highest BCUT2D eigenvalue weighted by molar-refractivity contribution is 5.85. The molecule has 0 heterocycles. The molecule has 3 nitrogen and oxygen atoms in total. The van der Waals surface area contributed by atoms with E-state index in [1.54, 1.807) is 0 Å². The summed E-state index contributed by atoms with van der Waals surface area (Å²) in [6, 6.07) is 0.498. The number of halogens is 1. The van der Waals surface area contributed by atoms with Gasteiger partial charge in [0.15, 0.2) is 0 Å². The van der Waals surface area contributed by atoms with Gasteiger partial charge in [-0.25, -0.2) is 0 Å². The molecule has 0 aromatic heterocycles. The van der Waals surface area contributed by atoms with Crippen molar-refractivity contribution in [2.24, 2.45) is 5.92 Å². The summed E-state index contributed by atoms with van der Waals surface area (Å²) in [5, 5.41) is 3.24. The van der Waals surface area contributed by atoms with Crippen LogP contribution in [0.25, 0.3) is 0 Å². The molecule has 0 aliphatic heterocycles. The minimum Gasteiger partial charge on any atom is -0.335 e. The van der Waals surface area contributed by atoms with Gasteiger partial charge in [-0.15, -0.1) is 19.0 Å². The third kappa shape index (κ3) is 4.14. The molecule has 2 saturated carbocycles. The Balaban J connectivity index is 0.00000128. The van der Waals surface area contributed by atoms with Crippen molar-refractivity contribution in [3.05, 3.63) is 12.7 Å². The second-order valence-corrected chi connectivity index (χ2v) is 4.64. The van der Waals surface area contributed by atoms with Crippen molar-refractivity contribution in [2.75, 3.05) is 19.6 Å². The summed E-state index contributed by atoms with van der Waals surface area (Å²) >= 11 is 0. The average Bonchev–Trinajstić information content (AvgIpc) is 3.05. The maximum Gasteiger partial charge on any atom is 0.237 e. The highest BCUT2D eigenvalue weighted by atomic mass is 35.5. The fourth-order valence-corrected chi connectivity index (χ4v) is 1.79. The van der Waals surface area contributed by atoms with Crippen LogP contribution in [0, 0.1) is 5.92 Å². The summed E-state index contributed by atoms with van der Waals surface area (Å²) in [7, 11) is 0. The Morgan fingerprint density at radius 1 is 1.38 bits per heavy atom. The van der Waals surface area contributed by atoms with Crippen molar-refractivity contribution >= 4 is 18.3 Å². The lowest BCUT2D eigenvalue weighted by atomic mass is 10.4. The molecule has 2 rings (SSSR count). The van der Waals surface area contributed by atoms with E-state index in [-0.39, 0.29) is 18.3 Å². The first-order valence-electron chi connectivity index (χ1n) is 5.92. The number of carbonyl (C=O) groups is 1. The van der Waals surface area contributed by atoms with Gasteiger partial charge in [-0.3, -0.25) is 4.79 Å². The number of nitrogens with one attached hydrogen (secondary N) is 1. The SMILES string of the molecule is C=CCN(C(=O)CNCC1CC1)C1CC1.Cl. The van der Waals surface area contributed by atoms with E-state index < -0.39 is 0 Å². The number of hydrogen-bond donors (Lipinski definition) is 1. The molecule has 92 valence electrons. The maximum absolute atomic E-state index is 11.8. The van der Waals surface area contributed by atoms with Gasteiger partial charge >= 0.3 is 0 Å². The molecule has 2 aliphatic rings. The van der Waals surface area contributed by atoms with Crippen molar-refractivity contribution in [1.29, 1.82) is 0 Å². The summed E-state index contributed by atoms with van der Waals surface area (Å²) in [5.74, 6) is 1.07. The average molecular weight is 245 g/mol. The first kappa shape index (κ1) is 13.5. The number of carbonyl (C=O) groups excluding carboxylic acids is 1. The van der Waals surface area contributed by atoms with Gasteiger partial charge in [0.05, 0.1) is 6.54 Å². The molecule has 2 aliphatic carbocycles. The quantitative estimate of drug-likeness (QED) is 0.690. The molecule has 0 radical (unpaired) electrons. The molecule has 0 aromatic rings. The zero-order valence-electron chi connectivity index (χ0n) is 9.65. The molecule has 0 saturated heterocycles.